The molecule has 1 aromatic carbocycles. The zero-order chi connectivity index (χ0) is 14.2. The van der Waals surface area contributed by atoms with Crippen molar-refractivity contribution in [3.05, 3.63) is 26.7 Å². The van der Waals surface area contributed by atoms with Gasteiger partial charge in [-0.1, -0.05) is 0 Å². The zero-order valence-corrected chi connectivity index (χ0v) is 10.7. The van der Waals surface area contributed by atoms with E-state index in [0.29, 0.717) is 6.29 Å². The quantitative estimate of drug-likeness (QED) is 0.493. The number of hydrogen-bond donors (Lipinski definition) is 2. The highest BCUT2D eigenvalue weighted by Gasteiger charge is 2.29. The van der Waals surface area contributed by atoms with Crippen LogP contribution in [0.1, 0.15) is 0 Å². The number of nitrogens with one attached hydrogen (secondary N) is 1. The predicted octanol–water partition coefficient (Wildman–Crippen LogP) is 1.51. The Hall–Kier alpha value is -2.29. The van der Waals surface area contributed by atoms with Crippen molar-refractivity contribution in [2.75, 3.05) is 5.32 Å². The summed E-state index contributed by atoms with van der Waals surface area (Å²) in [4.78, 5) is 35.8. The van der Waals surface area contributed by atoms with Gasteiger partial charge >= 0.3 is 5.97 Å². The van der Waals surface area contributed by atoms with E-state index in [4.69, 9.17) is 5.11 Å². The van der Waals surface area contributed by atoms with Crippen molar-refractivity contribution >= 4 is 51.0 Å². The monoisotopic (exact) mass is 327 g/mol. The van der Waals surface area contributed by atoms with Crippen LogP contribution >= 0.6 is 15.9 Å². The number of aldehydes is 1. The van der Waals surface area contributed by atoms with E-state index in [9.17, 15) is 19.7 Å². The molecule has 8 nitrogen and oxygen atoms in total. The number of hydrogen-bond acceptors (Lipinski definition) is 6. The maximum Gasteiger partial charge on any atom is 0.352 e. The number of anilines is 1. The van der Waals surface area contributed by atoms with Crippen molar-refractivity contribution in [1.82, 2.24) is 0 Å². The second kappa shape index (κ2) is 4.76. The molecular weight excluding hydrogens is 322 g/mol. The third-order valence-electron chi connectivity index (χ3n) is 2.46. The van der Waals surface area contributed by atoms with Gasteiger partial charge in [-0.2, -0.15) is 0 Å². The van der Waals surface area contributed by atoms with Gasteiger partial charge in [-0.25, -0.2) is 9.79 Å². The van der Waals surface area contributed by atoms with Crippen molar-refractivity contribution in [3.63, 3.8) is 0 Å². The lowest BCUT2D eigenvalue weighted by Gasteiger charge is -2.20. The summed E-state index contributed by atoms with van der Waals surface area (Å²) < 4.78 is 0.177. The van der Waals surface area contributed by atoms with Crippen molar-refractivity contribution in [2.24, 2.45) is 4.99 Å². The van der Waals surface area contributed by atoms with E-state index in [-0.39, 0.29) is 27.2 Å². The number of aliphatic carboxylic acids is 1. The Morgan fingerprint density at radius 2 is 2.26 bits per heavy atom. The van der Waals surface area contributed by atoms with E-state index in [0.717, 1.165) is 0 Å². The van der Waals surface area contributed by atoms with Crippen LogP contribution in [-0.4, -0.2) is 34.0 Å². The number of benzene rings is 1. The van der Waals surface area contributed by atoms with Crippen molar-refractivity contribution in [2.45, 2.75) is 6.04 Å². The minimum Gasteiger partial charge on any atom is -0.477 e. The van der Waals surface area contributed by atoms with Gasteiger partial charge in [0.25, 0.3) is 5.69 Å². The SMILES string of the molecule is O=CC1Nc2cc([N+](=O)[O-])c(Br)cc2N=C1C(=O)O. The highest BCUT2D eigenvalue weighted by Crippen LogP contribution is 2.38. The number of aliphatic imine (C=N–C) groups is 1. The molecule has 0 saturated carbocycles. The fourth-order valence-corrected chi connectivity index (χ4v) is 2.09. The van der Waals surface area contributed by atoms with Crippen molar-refractivity contribution in [1.29, 1.82) is 0 Å². The second-order valence-corrected chi connectivity index (χ2v) is 4.49. The average Bonchev–Trinajstić information content (AvgIpc) is 2.35. The summed E-state index contributed by atoms with van der Waals surface area (Å²) in [6.07, 6.45) is 0.379. The number of rotatable bonds is 3. The van der Waals surface area contributed by atoms with Crippen LogP contribution in [0.3, 0.4) is 0 Å². The molecule has 1 atom stereocenters. The summed E-state index contributed by atoms with van der Waals surface area (Å²) in [5.74, 6) is -1.33. The standard InChI is InChI=1S/C10H6BrN3O5/c11-4-1-5-6(2-8(4)14(18)19)12-7(3-15)9(13-5)10(16)17/h1-3,7,12H,(H,16,17). The second-order valence-electron chi connectivity index (χ2n) is 3.64. The molecule has 1 aliphatic heterocycles. The number of carboxylic acids is 1. The van der Waals surface area contributed by atoms with Gasteiger partial charge in [-0.05, 0) is 22.0 Å². The molecular formula is C10H6BrN3O5. The Balaban J connectivity index is 2.59. The molecule has 2 N–H and O–H groups in total. The molecule has 0 radical (unpaired) electrons. The van der Waals surface area contributed by atoms with E-state index in [1.165, 1.54) is 12.1 Å². The molecule has 0 fully saturated rings. The van der Waals surface area contributed by atoms with E-state index in [2.05, 4.69) is 26.2 Å². The molecule has 0 aromatic heterocycles. The predicted molar refractivity (Wildman–Crippen MR) is 69.0 cm³/mol. The van der Waals surface area contributed by atoms with E-state index in [1.807, 2.05) is 0 Å². The molecule has 2 rings (SSSR count). The molecule has 19 heavy (non-hydrogen) atoms. The number of carbonyl (C=O) groups is 2. The first-order chi connectivity index (χ1) is 8.93. The lowest BCUT2D eigenvalue weighted by Crippen LogP contribution is -2.38. The molecule has 0 aliphatic carbocycles. The van der Waals surface area contributed by atoms with E-state index >= 15 is 0 Å². The fourth-order valence-electron chi connectivity index (χ4n) is 1.61. The topological polar surface area (TPSA) is 122 Å². The highest BCUT2D eigenvalue weighted by molar-refractivity contribution is 9.10. The molecule has 1 aliphatic rings. The van der Waals surface area contributed by atoms with Gasteiger partial charge in [0.1, 0.15) is 12.3 Å². The largest absolute Gasteiger partial charge is 0.477 e. The van der Waals surface area contributed by atoms with Crippen LogP contribution in [0.25, 0.3) is 0 Å². The molecule has 0 bridgehead atoms. The number of nitro benzene ring substituents is 1. The fraction of sp³-hybridized carbons (Fsp3) is 0.100. The van der Waals surface area contributed by atoms with Crippen molar-refractivity contribution < 1.29 is 19.6 Å². The Morgan fingerprint density at radius 1 is 1.58 bits per heavy atom. The number of nitro groups is 1. The van der Waals surface area contributed by atoms with Crippen LogP contribution in [0, 0.1) is 10.1 Å². The highest BCUT2D eigenvalue weighted by atomic mass is 79.9. The summed E-state index contributed by atoms with van der Waals surface area (Å²) >= 11 is 3.01. The van der Waals surface area contributed by atoms with Gasteiger partial charge in [0.05, 0.1) is 20.8 Å². The third-order valence-corrected chi connectivity index (χ3v) is 3.10. The minimum atomic E-state index is -1.33. The smallest absolute Gasteiger partial charge is 0.352 e. The number of fused-ring (bicyclic) bond motifs is 1. The number of carboxylic acid groups (broad SMARTS) is 1. The maximum absolute atomic E-state index is 10.9. The first-order valence-electron chi connectivity index (χ1n) is 4.95. The molecule has 1 unspecified atom stereocenters. The van der Waals surface area contributed by atoms with Crippen molar-refractivity contribution in [3.8, 4) is 0 Å². The molecule has 0 saturated heterocycles. The Kier molecular flexibility index (Phi) is 3.30. The van der Waals surface area contributed by atoms with Crippen LogP contribution in [-0.2, 0) is 9.59 Å². The van der Waals surface area contributed by atoms with Crippen LogP contribution in [0.4, 0.5) is 17.1 Å². The zero-order valence-electron chi connectivity index (χ0n) is 9.16. The summed E-state index contributed by atoms with van der Waals surface area (Å²) in [6, 6.07) is 1.38. The van der Waals surface area contributed by atoms with Gasteiger partial charge in [0, 0.05) is 6.07 Å². The van der Waals surface area contributed by atoms with Crippen LogP contribution in [0.2, 0.25) is 0 Å². The van der Waals surface area contributed by atoms with Gasteiger partial charge in [0.2, 0.25) is 0 Å². The van der Waals surface area contributed by atoms with Gasteiger partial charge < -0.3 is 15.2 Å². The van der Waals surface area contributed by atoms with Crippen LogP contribution in [0.15, 0.2) is 21.6 Å². The Labute approximate surface area is 114 Å². The molecule has 9 heteroatoms. The Morgan fingerprint density at radius 3 is 2.79 bits per heavy atom. The summed E-state index contributed by atoms with van der Waals surface area (Å²) in [7, 11) is 0. The van der Waals surface area contributed by atoms with Gasteiger partial charge in [0.15, 0.2) is 5.71 Å². The van der Waals surface area contributed by atoms with E-state index < -0.39 is 16.9 Å². The molecule has 0 amide bonds. The molecule has 1 heterocycles. The Bertz CT molecular complexity index is 628. The van der Waals surface area contributed by atoms with Crippen LogP contribution < -0.4 is 5.32 Å². The van der Waals surface area contributed by atoms with E-state index in [1.54, 1.807) is 0 Å². The summed E-state index contributed by atoms with van der Waals surface area (Å²) in [5, 5.41) is 22.3. The third kappa shape index (κ3) is 2.32. The molecule has 1 aromatic rings. The lowest BCUT2D eigenvalue weighted by atomic mass is 10.1. The van der Waals surface area contributed by atoms with Gasteiger partial charge in [-0.15, -0.1) is 0 Å². The number of halogens is 1. The average molecular weight is 328 g/mol. The van der Waals surface area contributed by atoms with Gasteiger partial charge in [-0.3, -0.25) is 10.1 Å². The maximum atomic E-state index is 10.9. The first-order valence-corrected chi connectivity index (χ1v) is 5.75. The number of nitrogens with zero attached hydrogens (tertiary/aromatic N) is 2. The lowest BCUT2D eigenvalue weighted by molar-refractivity contribution is -0.385. The minimum absolute atomic E-state index is 0.177. The first kappa shape index (κ1) is 13.1. The summed E-state index contributed by atoms with van der Waals surface area (Å²) in [5.41, 5.74) is -0.113. The number of carbonyl (C=O) groups excluding carboxylic acids is 1. The molecule has 0 spiro atoms. The normalized spacial score (nSPS) is 16.9. The molecule has 98 valence electrons. The summed E-state index contributed by atoms with van der Waals surface area (Å²) in [6.45, 7) is 0. The van der Waals surface area contributed by atoms with Crippen LogP contribution in [0.5, 0.6) is 0 Å².